The molecule has 13 heavy (non-hydrogen) atoms. The molecule has 1 aromatic heterocycles. The number of halogens is 5. The van der Waals surface area contributed by atoms with Crippen molar-refractivity contribution in [3.05, 3.63) is 12.2 Å². The van der Waals surface area contributed by atoms with E-state index in [1.165, 1.54) is 0 Å². The summed E-state index contributed by atoms with van der Waals surface area (Å²) in [6.07, 6.45) is -2.94. The van der Waals surface area contributed by atoms with Gasteiger partial charge in [-0.15, -0.1) is 9.97 Å². The average molecular weight is 234 g/mol. The molecule has 0 aliphatic heterocycles. The summed E-state index contributed by atoms with van der Waals surface area (Å²) in [5.74, 6) is 0. The molecule has 0 unspecified atom stereocenters. The van der Waals surface area contributed by atoms with E-state index in [4.69, 9.17) is 23.2 Å². The van der Waals surface area contributed by atoms with Gasteiger partial charge in [0.05, 0.1) is 0 Å². The third kappa shape index (κ3) is 3.60. The van der Waals surface area contributed by atoms with Crippen LogP contribution in [0.3, 0.4) is 0 Å². The van der Waals surface area contributed by atoms with Crippen LogP contribution in [0.1, 0.15) is 0 Å². The van der Waals surface area contributed by atoms with Gasteiger partial charge in [0.15, 0.2) is 0 Å². The van der Waals surface area contributed by atoms with Crippen molar-refractivity contribution < 1.29 is 17.9 Å². The highest BCUT2D eigenvalue weighted by Gasteiger charge is 2.26. The number of hydrogen-bond donors (Lipinski definition) is 0. The summed E-state index contributed by atoms with van der Waals surface area (Å²) < 4.78 is 37.5. The normalized spacial score (nSPS) is 11.5. The maximum absolute atomic E-state index is 12.3. The topological polar surface area (TPSA) is 47.9 Å². The Morgan fingerprint density at radius 3 is 1.92 bits per heavy atom. The SMILES string of the molecule is Fc1nc(F)nc(OC(F)(Cl)Cl)n1. The van der Waals surface area contributed by atoms with Crippen molar-refractivity contribution in [2.75, 3.05) is 0 Å². The Kier molecular flexibility index (Phi) is 2.77. The fourth-order valence-corrected chi connectivity index (χ4v) is 0.596. The van der Waals surface area contributed by atoms with Gasteiger partial charge in [-0.25, -0.2) is 0 Å². The first-order valence-corrected chi connectivity index (χ1v) is 3.45. The number of nitrogens with zero attached hydrogens (tertiary/aromatic N) is 3. The van der Waals surface area contributed by atoms with E-state index < -0.39 is 22.9 Å². The monoisotopic (exact) mass is 233 g/mol. The van der Waals surface area contributed by atoms with E-state index in [-0.39, 0.29) is 0 Å². The van der Waals surface area contributed by atoms with Crippen LogP contribution in [0.2, 0.25) is 0 Å². The highest BCUT2D eigenvalue weighted by atomic mass is 35.5. The second kappa shape index (κ2) is 3.51. The fraction of sp³-hybridized carbons (Fsp3) is 0.250. The van der Waals surface area contributed by atoms with Crippen molar-refractivity contribution in [2.24, 2.45) is 0 Å². The number of rotatable bonds is 2. The third-order valence-electron chi connectivity index (χ3n) is 0.767. The van der Waals surface area contributed by atoms with Gasteiger partial charge >= 0.3 is 22.9 Å². The molecule has 4 nitrogen and oxygen atoms in total. The molecule has 0 radical (unpaired) electrons. The Labute approximate surface area is 79.7 Å². The molecule has 0 atom stereocenters. The summed E-state index contributed by atoms with van der Waals surface area (Å²) in [6.45, 7) is 0. The summed E-state index contributed by atoms with van der Waals surface area (Å²) in [7, 11) is 0. The molecular weight excluding hydrogens is 234 g/mol. The van der Waals surface area contributed by atoms with Crippen molar-refractivity contribution in [3.8, 4) is 6.01 Å². The molecular formula is C4Cl2F3N3O. The van der Waals surface area contributed by atoms with Gasteiger partial charge in [-0.1, -0.05) is 0 Å². The zero-order valence-corrected chi connectivity index (χ0v) is 7.15. The van der Waals surface area contributed by atoms with Gasteiger partial charge in [-0.3, -0.25) is 0 Å². The molecule has 1 heterocycles. The van der Waals surface area contributed by atoms with Crippen molar-refractivity contribution in [2.45, 2.75) is 4.77 Å². The molecule has 72 valence electrons. The van der Waals surface area contributed by atoms with E-state index in [0.717, 1.165) is 0 Å². The Bertz CT molecular complexity index is 298. The lowest BCUT2D eigenvalue weighted by Crippen LogP contribution is -2.17. The average Bonchev–Trinajstić information content (AvgIpc) is 1.78. The van der Waals surface area contributed by atoms with Crippen molar-refractivity contribution in [3.63, 3.8) is 0 Å². The molecule has 0 spiro atoms. The third-order valence-corrected chi connectivity index (χ3v) is 0.922. The molecule has 0 amide bonds. The lowest BCUT2D eigenvalue weighted by molar-refractivity contribution is 0.0885. The molecule has 0 N–H and O–H groups in total. The lowest BCUT2D eigenvalue weighted by atomic mass is 11.0. The van der Waals surface area contributed by atoms with E-state index in [1.54, 1.807) is 0 Å². The van der Waals surface area contributed by atoms with Gasteiger partial charge in [-0.2, -0.15) is 18.2 Å². The van der Waals surface area contributed by atoms with Crippen molar-refractivity contribution >= 4 is 23.2 Å². The van der Waals surface area contributed by atoms with Crippen LogP contribution in [0.5, 0.6) is 6.01 Å². The molecule has 1 aromatic rings. The van der Waals surface area contributed by atoms with Gasteiger partial charge in [0.25, 0.3) is 0 Å². The summed E-state index contributed by atoms with van der Waals surface area (Å²) in [5, 5.41) is 0. The second-order valence-corrected chi connectivity index (χ2v) is 2.87. The van der Waals surface area contributed by atoms with Crippen LogP contribution in [-0.4, -0.2) is 19.7 Å². The Morgan fingerprint density at radius 1 is 1.08 bits per heavy atom. The zero-order chi connectivity index (χ0) is 10.1. The van der Waals surface area contributed by atoms with Crippen LogP contribution in [0, 0.1) is 12.2 Å². The summed E-state index contributed by atoms with van der Waals surface area (Å²) in [6, 6.07) is -0.988. The predicted molar refractivity (Wildman–Crippen MR) is 35.9 cm³/mol. The molecule has 0 aromatic carbocycles. The first-order valence-electron chi connectivity index (χ1n) is 2.69. The molecule has 0 bridgehead atoms. The molecule has 0 saturated carbocycles. The second-order valence-electron chi connectivity index (χ2n) is 1.70. The first kappa shape index (κ1) is 10.3. The van der Waals surface area contributed by atoms with E-state index >= 15 is 0 Å². The van der Waals surface area contributed by atoms with Crippen molar-refractivity contribution in [1.82, 2.24) is 15.0 Å². The van der Waals surface area contributed by atoms with E-state index in [2.05, 4.69) is 19.7 Å². The number of alkyl halides is 3. The minimum atomic E-state index is -3.15. The Morgan fingerprint density at radius 2 is 1.54 bits per heavy atom. The maximum Gasteiger partial charge on any atom is 0.412 e. The zero-order valence-electron chi connectivity index (χ0n) is 5.64. The molecule has 0 aliphatic carbocycles. The number of hydrogen-bond acceptors (Lipinski definition) is 4. The van der Waals surface area contributed by atoms with Gasteiger partial charge in [0.1, 0.15) is 0 Å². The lowest BCUT2D eigenvalue weighted by Gasteiger charge is -2.08. The van der Waals surface area contributed by atoms with E-state index in [9.17, 15) is 13.2 Å². The van der Waals surface area contributed by atoms with Crippen LogP contribution in [0.4, 0.5) is 13.2 Å². The van der Waals surface area contributed by atoms with Gasteiger partial charge in [0, 0.05) is 0 Å². The molecule has 1 rings (SSSR count). The van der Waals surface area contributed by atoms with Crippen LogP contribution in [0.25, 0.3) is 0 Å². The standard InChI is InChI=1S/C4Cl2F3N3O/c5-4(6,9)13-3-11-1(7)10-2(8)12-3. The smallest absolute Gasteiger partial charge is 0.399 e. The van der Waals surface area contributed by atoms with E-state index in [1.807, 2.05) is 0 Å². The molecule has 0 saturated heterocycles. The summed E-state index contributed by atoms with van der Waals surface area (Å²) >= 11 is 9.41. The van der Waals surface area contributed by atoms with Gasteiger partial charge in [-0.05, 0) is 23.2 Å². The van der Waals surface area contributed by atoms with Gasteiger partial charge < -0.3 is 4.74 Å². The fourth-order valence-electron chi connectivity index (χ4n) is 0.458. The highest BCUT2D eigenvalue weighted by Crippen LogP contribution is 2.24. The number of ether oxygens (including phenoxy) is 1. The van der Waals surface area contributed by atoms with Crippen LogP contribution in [-0.2, 0) is 0 Å². The minimum absolute atomic E-state index is 0.988. The minimum Gasteiger partial charge on any atom is -0.399 e. The van der Waals surface area contributed by atoms with Crippen LogP contribution >= 0.6 is 23.2 Å². The van der Waals surface area contributed by atoms with E-state index in [0.29, 0.717) is 0 Å². The Balaban J connectivity index is 2.90. The largest absolute Gasteiger partial charge is 0.412 e. The molecule has 9 heteroatoms. The predicted octanol–water partition coefficient (Wildman–Crippen LogP) is 1.59. The van der Waals surface area contributed by atoms with Crippen LogP contribution < -0.4 is 4.74 Å². The van der Waals surface area contributed by atoms with Crippen LogP contribution in [0.15, 0.2) is 0 Å². The quantitative estimate of drug-likeness (QED) is 0.729. The van der Waals surface area contributed by atoms with Crippen molar-refractivity contribution in [1.29, 1.82) is 0 Å². The molecule has 0 aliphatic rings. The summed E-state index contributed by atoms with van der Waals surface area (Å²) in [5.41, 5.74) is 0. The first-order chi connectivity index (χ1) is 5.87. The Hall–Kier alpha value is -0.820. The maximum atomic E-state index is 12.3. The number of aromatic nitrogens is 3. The highest BCUT2D eigenvalue weighted by molar-refractivity contribution is 6.46. The summed E-state index contributed by atoms with van der Waals surface area (Å²) in [4.78, 5) is 8.04. The van der Waals surface area contributed by atoms with Gasteiger partial charge in [0.2, 0.25) is 0 Å². The molecule has 0 fully saturated rings.